The zero-order valence-electron chi connectivity index (χ0n) is 28.7. The maximum absolute atomic E-state index is 10.2. The van der Waals surface area contributed by atoms with Gasteiger partial charge in [-0.1, -0.05) is 10.4 Å². The van der Waals surface area contributed by atoms with Gasteiger partial charge in [0.1, 0.15) is 24.4 Å². The van der Waals surface area contributed by atoms with Crippen LogP contribution in [0, 0.1) is 0 Å². The summed E-state index contributed by atoms with van der Waals surface area (Å²) in [7, 11) is 0. The molecular formula is C32H60N10O7. The lowest BCUT2D eigenvalue weighted by atomic mass is 9.85. The Kier molecular flexibility index (Phi) is 16.7. The van der Waals surface area contributed by atoms with Gasteiger partial charge in [-0.2, -0.15) is 0 Å². The van der Waals surface area contributed by atoms with Crippen molar-refractivity contribution in [1.82, 2.24) is 30.0 Å². The first-order valence-electron chi connectivity index (χ1n) is 18.0. The SMILES string of the molecule is N[C@@H]1C[C@H](N)[C@@H](OCCCCc2cn(CCCCOCCCCn3cc(CCCCO[C@H]4[C@H](O)[C@@H](O)[C@H](N)C[C@@H]4N)nn3)nn2)[C@H](O)[C@H]1O. The molecule has 0 spiro atoms. The van der Waals surface area contributed by atoms with Crippen molar-refractivity contribution in [2.75, 3.05) is 26.4 Å². The number of aliphatic hydroxyl groups excluding tert-OH is 4. The van der Waals surface area contributed by atoms with Gasteiger partial charge < -0.3 is 57.6 Å². The number of aromatic nitrogens is 6. The van der Waals surface area contributed by atoms with Crippen LogP contribution in [-0.2, 0) is 40.1 Å². The van der Waals surface area contributed by atoms with Crippen molar-refractivity contribution in [1.29, 1.82) is 0 Å². The van der Waals surface area contributed by atoms with Gasteiger partial charge in [0.25, 0.3) is 0 Å². The molecular weight excluding hydrogens is 636 g/mol. The van der Waals surface area contributed by atoms with E-state index >= 15 is 0 Å². The minimum atomic E-state index is -1.07. The maximum Gasteiger partial charge on any atom is 0.109 e. The van der Waals surface area contributed by atoms with Crippen molar-refractivity contribution in [2.45, 2.75) is 151 Å². The Balaban J connectivity index is 0.944. The molecule has 2 fully saturated rings. The predicted molar refractivity (Wildman–Crippen MR) is 180 cm³/mol. The third-order valence-corrected chi connectivity index (χ3v) is 9.48. The third kappa shape index (κ3) is 12.5. The molecule has 17 nitrogen and oxygen atoms in total. The molecule has 0 saturated heterocycles. The van der Waals surface area contributed by atoms with Gasteiger partial charge in [0.15, 0.2) is 0 Å². The van der Waals surface area contributed by atoms with Gasteiger partial charge in [-0.15, -0.1) is 10.2 Å². The topological polar surface area (TPSA) is 274 Å². The molecule has 280 valence electrons. The van der Waals surface area contributed by atoms with Crippen molar-refractivity contribution < 1.29 is 34.6 Å². The average molecular weight is 697 g/mol. The standard InChI is InChI=1S/C32H60N10O7/c33-23-17-25(35)31(29(45)27(23)43)48-15-5-1-9-21-19-41(39-37-21)11-3-7-13-47-14-8-4-12-42-20-22(38-40-42)10-2-6-16-49-32-26(36)18-24(34)28(44)30(32)46/h19-20,23-32,43-46H,1-18,33-36H2/t23-,24-,25+,26+,27+,28+,29-,30-,31-,32-/m1/s1. The fourth-order valence-corrected chi connectivity index (χ4v) is 6.46. The highest BCUT2D eigenvalue weighted by atomic mass is 16.5. The highest BCUT2D eigenvalue weighted by Crippen LogP contribution is 2.22. The summed E-state index contributed by atoms with van der Waals surface area (Å²) in [6, 6.07) is -1.84. The molecule has 2 aliphatic carbocycles. The fraction of sp³-hybridized carbons (Fsp3) is 0.875. The Labute approximate surface area is 288 Å². The first kappa shape index (κ1) is 39.6. The largest absolute Gasteiger partial charge is 0.389 e. The summed E-state index contributed by atoms with van der Waals surface area (Å²) in [5, 5.41) is 57.3. The molecule has 2 aliphatic rings. The fourth-order valence-electron chi connectivity index (χ4n) is 6.46. The highest BCUT2D eigenvalue weighted by Gasteiger charge is 2.42. The van der Waals surface area contributed by atoms with E-state index in [9.17, 15) is 20.4 Å². The molecule has 0 unspecified atom stereocenters. The van der Waals surface area contributed by atoms with Crippen molar-refractivity contribution in [3.05, 3.63) is 23.8 Å². The van der Waals surface area contributed by atoms with Crippen molar-refractivity contribution >= 4 is 0 Å². The van der Waals surface area contributed by atoms with E-state index in [0.29, 0.717) is 39.3 Å². The molecule has 0 amide bonds. The van der Waals surface area contributed by atoms with Crippen LogP contribution in [0.5, 0.6) is 0 Å². The Morgan fingerprint density at radius 2 is 0.959 bits per heavy atom. The summed E-state index contributed by atoms with van der Waals surface area (Å²) in [5.41, 5.74) is 25.6. The van der Waals surface area contributed by atoms with Crippen LogP contribution in [0.4, 0.5) is 0 Å². The van der Waals surface area contributed by atoms with Crippen LogP contribution in [0.3, 0.4) is 0 Å². The van der Waals surface area contributed by atoms with E-state index in [-0.39, 0.29) is 0 Å². The number of ether oxygens (including phenoxy) is 3. The van der Waals surface area contributed by atoms with E-state index in [2.05, 4.69) is 20.6 Å². The molecule has 2 aromatic heterocycles. The summed E-state index contributed by atoms with van der Waals surface area (Å²) < 4.78 is 21.1. The van der Waals surface area contributed by atoms with Gasteiger partial charge >= 0.3 is 0 Å². The van der Waals surface area contributed by atoms with Crippen molar-refractivity contribution in [3.8, 4) is 0 Å². The number of rotatable bonds is 22. The summed E-state index contributed by atoms with van der Waals surface area (Å²) in [4.78, 5) is 0. The number of aliphatic hydroxyl groups is 4. The second-order valence-electron chi connectivity index (χ2n) is 13.6. The molecule has 2 saturated carbocycles. The quantitative estimate of drug-likeness (QED) is 0.0626. The zero-order chi connectivity index (χ0) is 35.2. The van der Waals surface area contributed by atoms with Crippen LogP contribution < -0.4 is 22.9 Å². The molecule has 12 N–H and O–H groups in total. The highest BCUT2D eigenvalue weighted by molar-refractivity contribution is 4.99. The van der Waals surface area contributed by atoms with Gasteiger partial charge in [-0.05, 0) is 77.0 Å². The number of unbranched alkanes of at least 4 members (excludes halogenated alkanes) is 4. The lowest BCUT2D eigenvalue weighted by Crippen LogP contribution is -2.62. The van der Waals surface area contributed by atoms with Gasteiger partial charge in [-0.3, -0.25) is 9.36 Å². The van der Waals surface area contributed by atoms with E-state index < -0.39 is 60.8 Å². The zero-order valence-corrected chi connectivity index (χ0v) is 28.7. The van der Waals surface area contributed by atoms with Crippen LogP contribution in [0.15, 0.2) is 12.4 Å². The Morgan fingerprint density at radius 3 is 1.39 bits per heavy atom. The lowest BCUT2D eigenvalue weighted by molar-refractivity contribution is -0.127. The second-order valence-corrected chi connectivity index (χ2v) is 13.6. The summed E-state index contributed by atoms with van der Waals surface area (Å²) >= 11 is 0. The normalized spacial score (nSPS) is 30.6. The Morgan fingerprint density at radius 1 is 0.551 bits per heavy atom. The smallest absolute Gasteiger partial charge is 0.109 e. The monoisotopic (exact) mass is 696 g/mol. The van der Waals surface area contributed by atoms with Crippen molar-refractivity contribution in [2.24, 2.45) is 22.9 Å². The number of aryl methyl sites for hydroxylation is 4. The number of nitrogens with zero attached hydrogens (tertiary/aromatic N) is 6. The minimum Gasteiger partial charge on any atom is -0.389 e. The van der Waals surface area contributed by atoms with Crippen LogP contribution in [0.25, 0.3) is 0 Å². The minimum absolute atomic E-state index is 0.390. The van der Waals surface area contributed by atoms with Crippen LogP contribution in [0.2, 0.25) is 0 Å². The third-order valence-electron chi connectivity index (χ3n) is 9.48. The number of nitrogens with two attached hydrogens (primary N) is 4. The summed E-state index contributed by atoms with van der Waals surface area (Å²) in [6.07, 6.45) is 8.12. The van der Waals surface area contributed by atoms with Gasteiger partial charge in [0.05, 0.1) is 23.6 Å². The Hall–Kier alpha value is -2.16. The van der Waals surface area contributed by atoms with Gasteiger partial charge in [0, 0.05) is 76.1 Å². The number of hydrogen-bond acceptors (Lipinski definition) is 15. The van der Waals surface area contributed by atoms with Crippen LogP contribution in [0.1, 0.15) is 75.6 Å². The molecule has 10 atom stereocenters. The number of hydrogen-bond donors (Lipinski definition) is 8. The summed E-state index contributed by atoms with van der Waals surface area (Å²) in [6.45, 7) is 3.89. The second kappa shape index (κ2) is 20.6. The van der Waals surface area contributed by atoms with Gasteiger partial charge in [0.2, 0.25) is 0 Å². The predicted octanol–water partition coefficient (Wildman–Crippen LogP) is -1.88. The van der Waals surface area contributed by atoms with E-state index in [0.717, 1.165) is 88.7 Å². The van der Waals surface area contributed by atoms with E-state index in [1.165, 1.54) is 0 Å². The first-order chi connectivity index (χ1) is 23.6. The maximum atomic E-state index is 10.2. The van der Waals surface area contributed by atoms with Crippen LogP contribution in [-0.4, -0.2) is 138 Å². The first-order valence-corrected chi connectivity index (χ1v) is 18.0. The van der Waals surface area contributed by atoms with E-state index in [4.69, 9.17) is 37.1 Å². The van der Waals surface area contributed by atoms with E-state index in [1.807, 2.05) is 21.8 Å². The summed E-state index contributed by atoms with van der Waals surface area (Å²) in [5.74, 6) is 0. The van der Waals surface area contributed by atoms with Gasteiger partial charge in [-0.25, -0.2) is 0 Å². The molecule has 0 aliphatic heterocycles. The lowest BCUT2D eigenvalue weighted by Gasteiger charge is -2.39. The molecule has 0 bridgehead atoms. The average Bonchev–Trinajstić information content (AvgIpc) is 3.73. The molecule has 49 heavy (non-hydrogen) atoms. The molecule has 4 rings (SSSR count). The molecule has 2 heterocycles. The molecule has 2 aromatic rings. The molecule has 0 aromatic carbocycles. The van der Waals surface area contributed by atoms with Crippen molar-refractivity contribution in [3.63, 3.8) is 0 Å². The molecule has 0 radical (unpaired) electrons. The van der Waals surface area contributed by atoms with E-state index in [1.54, 1.807) is 0 Å². The molecule has 17 heteroatoms. The Bertz CT molecular complexity index is 1100. The van der Waals surface area contributed by atoms with Crippen LogP contribution >= 0.6 is 0 Å².